The lowest BCUT2D eigenvalue weighted by Crippen LogP contribution is -2.40. The SMILES string of the molecule is CCN(C(=O)[C@@H]1CCC[C@@H]1C(=O)O)C1CC1. The van der Waals surface area contributed by atoms with E-state index in [1.54, 1.807) is 0 Å². The Kier molecular flexibility index (Phi) is 3.17. The van der Waals surface area contributed by atoms with Crippen molar-refractivity contribution in [1.29, 1.82) is 0 Å². The van der Waals surface area contributed by atoms with E-state index in [2.05, 4.69) is 0 Å². The Morgan fingerprint density at radius 1 is 1.19 bits per heavy atom. The summed E-state index contributed by atoms with van der Waals surface area (Å²) < 4.78 is 0. The Morgan fingerprint density at radius 3 is 2.31 bits per heavy atom. The highest BCUT2D eigenvalue weighted by Crippen LogP contribution is 2.36. The van der Waals surface area contributed by atoms with Crippen molar-refractivity contribution in [2.24, 2.45) is 11.8 Å². The number of carbonyl (C=O) groups is 2. The second kappa shape index (κ2) is 4.44. The van der Waals surface area contributed by atoms with Crippen LogP contribution >= 0.6 is 0 Å². The van der Waals surface area contributed by atoms with Crippen molar-refractivity contribution in [1.82, 2.24) is 4.90 Å². The molecule has 0 aromatic carbocycles. The van der Waals surface area contributed by atoms with Crippen LogP contribution in [-0.2, 0) is 9.59 Å². The number of amides is 1. The van der Waals surface area contributed by atoms with E-state index in [4.69, 9.17) is 5.11 Å². The molecular weight excluding hydrogens is 206 g/mol. The Hall–Kier alpha value is -1.06. The fraction of sp³-hybridized carbons (Fsp3) is 0.833. The fourth-order valence-corrected chi connectivity index (χ4v) is 2.74. The predicted octanol–water partition coefficient (Wildman–Crippen LogP) is 1.50. The number of carboxylic acid groups (broad SMARTS) is 1. The Morgan fingerprint density at radius 2 is 1.81 bits per heavy atom. The molecular formula is C12H19NO3. The molecule has 4 nitrogen and oxygen atoms in total. The fourth-order valence-electron chi connectivity index (χ4n) is 2.74. The van der Waals surface area contributed by atoms with Gasteiger partial charge in [-0.15, -0.1) is 0 Å². The lowest BCUT2D eigenvalue weighted by molar-refractivity contribution is -0.149. The maximum absolute atomic E-state index is 12.2. The largest absolute Gasteiger partial charge is 0.481 e. The minimum Gasteiger partial charge on any atom is -0.481 e. The number of rotatable bonds is 4. The van der Waals surface area contributed by atoms with E-state index in [1.807, 2.05) is 11.8 Å². The van der Waals surface area contributed by atoms with Crippen LogP contribution in [0.15, 0.2) is 0 Å². The van der Waals surface area contributed by atoms with Crippen molar-refractivity contribution in [3.63, 3.8) is 0 Å². The molecule has 0 aliphatic heterocycles. The van der Waals surface area contributed by atoms with Gasteiger partial charge in [-0.25, -0.2) is 0 Å². The third kappa shape index (κ3) is 2.06. The first-order chi connectivity index (χ1) is 7.65. The minimum atomic E-state index is -0.803. The first-order valence-corrected chi connectivity index (χ1v) is 6.18. The van der Waals surface area contributed by atoms with Crippen molar-refractivity contribution in [2.45, 2.75) is 45.1 Å². The molecule has 0 aromatic heterocycles. The van der Waals surface area contributed by atoms with Crippen LogP contribution in [0.4, 0.5) is 0 Å². The summed E-state index contributed by atoms with van der Waals surface area (Å²) in [7, 11) is 0. The topological polar surface area (TPSA) is 57.6 Å². The summed E-state index contributed by atoms with van der Waals surface area (Å²) in [5.74, 6) is -1.43. The summed E-state index contributed by atoms with van der Waals surface area (Å²) in [6.45, 7) is 2.69. The average Bonchev–Trinajstić information content (AvgIpc) is 2.95. The van der Waals surface area contributed by atoms with Gasteiger partial charge in [-0.05, 0) is 32.6 Å². The van der Waals surface area contributed by atoms with Crippen molar-refractivity contribution in [2.75, 3.05) is 6.54 Å². The molecule has 2 saturated carbocycles. The van der Waals surface area contributed by atoms with Crippen LogP contribution in [0.1, 0.15) is 39.0 Å². The zero-order chi connectivity index (χ0) is 11.7. The van der Waals surface area contributed by atoms with Gasteiger partial charge in [0.2, 0.25) is 5.91 Å². The molecule has 2 atom stereocenters. The monoisotopic (exact) mass is 225 g/mol. The summed E-state index contributed by atoms with van der Waals surface area (Å²) in [6.07, 6.45) is 4.46. The summed E-state index contributed by atoms with van der Waals surface area (Å²) in [5, 5.41) is 9.07. The van der Waals surface area contributed by atoms with Gasteiger partial charge in [0.15, 0.2) is 0 Å². The molecule has 2 aliphatic carbocycles. The molecule has 1 amide bonds. The maximum atomic E-state index is 12.2. The molecule has 0 radical (unpaired) electrons. The molecule has 0 bridgehead atoms. The maximum Gasteiger partial charge on any atom is 0.307 e. The van der Waals surface area contributed by atoms with E-state index in [0.717, 1.165) is 25.7 Å². The molecule has 0 heterocycles. The van der Waals surface area contributed by atoms with E-state index < -0.39 is 11.9 Å². The van der Waals surface area contributed by atoms with Gasteiger partial charge in [-0.3, -0.25) is 9.59 Å². The molecule has 90 valence electrons. The highest BCUT2D eigenvalue weighted by molar-refractivity contribution is 5.85. The van der Waals surface area contributed by atoms with Gasteiger partial charge in [-0.2, -0.15) is 0 Å². The number of carboxylic acids is 1. The van der Waals surface area contributed by atoms with Crippen molar-refractivity contribution in [3.05, 3.63) is 0 Å². The third-order valence-electron chi connectivity index (χ3n) is 3.76. The van der Waals surface area contributed by atoms with Gasteiger partial charge >= 0.3 is 5.97 Å². The summed E-state index contributed by atoms with van der Waals surface area (Å²) >= 11 is 0. The Labute approximate surface area is 95.6 Å². The quantitative estimate of drug-likeness (QED) is 0.788. The first kappa shape index (κ1) is 11.4. The van der Waals surface area contributed by atoms with Crippen LogP contribution in [0.5, 0.6) is 0 Å². The van der Waals surface area contributed by atoms with Crippen molar-refractivity contribution < 1.29 is 14.7 Å². The van der Waals surface area contributed by atoms with E-state index in [-0.39, 0.29) is 11.8 Å². The minimum absolute atomic E-state index is 0.0786. The summed E-state index contributed by atoms with van der Waals surface area (Å²) in [4.78, 5) is 25.2. The summed E-state index contributed by atoms with van der Waals surface area (Å²) in [5.41, 5.74) is 0. The molecule has 1 N–H and O–H groups in total. The number of nitrogens with zero attached hydrogens (tertiary/aromatic N) is 1. The van der Waals surface area contributed by atoms with Crippen LogP contribution in [0.3, 0.4) is 0 Å². The van der Waals surface area contributed by atoms with Crippen LogP contribution in [-0.4, -0.2) is 34.5 Å². The smallest absolute Gasteiger partial charge is 0.307 e. The van der Waals surface area contributed by atoms with Crippen LogP contribution < -0.4 is 0 Å². The Balaban J connectivity index is 2.04. The number of hydrogen-bond acceptors (Lipinski definition) is 2. The molecule has 0 saturated heterocycles. The standard InChI is InChI=1S/C12H19NO3/c1-2-13(8-6-7-8)11(14)9-4-3-5-10(9)12(15)16/h8-10H,2-7H2,1H3,(H,15,16)/t9-,10+/m1/s1. The molecule has 16 heavy (non-hydrogen) atoms. The second-order valence-electron chi connectivity index (χ2n) is 4.84. The molecule has 2 fully saturated rings. The molecule has 2 rings (SSSR count). The second-order valence-corrected chi connectivity index (χ2v) is 4.84. The number of carbonyl (C=O) groups excluding carboxylic acids is 1. The van der Waals surface area contributed by atoms with Crippen LogP contribution in [0, 0.1) is 11.8 Å². The lowest BCUT2D eigenvalue weighted by Gasteiger charge is -2.25. The Bertz CT molecular complexity index is 299. The number of hydrogen-bond donors (Lipinski definition) is 1. The average molecular weight is 225 g/mol. The zero-order valence-corrected chi connectivity index (χ0v) is 9.69. The van der Waals surface area contributed by atoms with Gasteiger partial charge in [0.05, 0.1) is 11.8 Å². The summed E-state index contributed by atoms with van der Waals surface area (Å²) in [6, 6.07) is 0.396. The molecule has 2 aliphatic rings. The molecule has 0 aromatic rings. The highest BCUT2D eigenvalue weighted by atomic mass is 16.4. The lowest BCUT2D eigenvalue weighted by atomic mass is 9.94. The van der Waals surface area contributed by atoms with Crippen molar-refractivity contribution in [3.8, 4) is 0 Å². The van der Waals surface area contributed by atoms with Crippen molar-refractivity contribution >= 4 is 11.9 Å². The predicted molar refractivity (Wildman–Crippen MR) is 58.9 cm³/mol. The molecule has 4 heteroatoms. The molecule has 0 spiro atoms. The highest BCUT2D eigenvalue weighted by Gasteiger charge is 2.42. The van der Waals surface area contributed by atoms with Gasteiger partial charge in [0.1, 0.15) is 0 Å². The van der Waals surface area contributed by atoms with Crippen LogP contribution in [0.25, 0.3) is 0 Å². The van der Waals surface area contributed by atoms with Gasteiger partial charge in [0, 0.05) is 12.6 Å². The molecule has 0 unspecified atom stereocenters. The van der Waals surface area contributed by atoms with E-state index in [0.29, 0.717) is 19.0 Å². The van der Waals surface area contributed by atoms with Gasteiger partial charge in [0.25, 0.3) is 0 Å². The first-order valence-electron chi connectivity index (χ1n) is 6.18. The van der Waals surface area contributed by atoms with E-state index >= 15 is 0 Å². The van der Waals surface area contributed by atoms with E-state index in [1.165, 1.54) is 0 Å². The zero-order valence-electron chi connectivity index (χ0n) is 9.69. The van der Waals surface area contributed by atoms with Crippen LogP contribution in [0.2, 0.25) is 0 Å². The normalized spacial score (nSPS) is 29.1. The van der Waals surface area contributed by atoms with Gasteiger partial charge < -0.3 is 10.0 Å². The third-order valence-corrected chi connectivity index (χ3v) is 3.76. The van der Waals surface area contributed by atoms with Gasteiger partial charge in [-0.1, -0.05) is 6.42 Å². The van der Waals surface area contributed by atoms with E-state index in [9.17, 15) is 9.59 Å². The number of aliphatic carboxylic acids is 1.